The molecule has 1 atom stereocenters. The lowest BCUT2D eigenvalue weighted by atomic mass is 9.95. The lowest BCUT2D eigenvalue weighted by Crippen LogP contribution is -2.41. The van der Waals surface area contributed by atoms with Crippen LogP contribution in [0.5, 0.6) is 11.5 Å². The van der Waals surface area contributed by atoms with E-state index in [1.165, 1.54) is 37.3 Å². The lowest BCUT2D eigenvalue weighted by molar-refractivity contribution is -0.140. The molecule has 7 nitrogen and oxygen atoms in total. The van der Waals surface area contributed by atoms with Crippen LogP contribution < -0.4 is 24.4 Å². The fourth-order valence-corrected chi connectivity index (χ4v) is 7.00. The molecule has 6 rings (SSSR count). The summed E-state index contributed by atoms with van der Waals surface area (Å²) in [6.45, 7) is 3.57. The molecule has 2 heterocycles. The fraction of sp³-hybridized carbons (Fsp3) is 0.194. The highest BCUT2D eigenvalue weighted by Crippen LogP contribution is 2.40. The minimum Gasteiger partial charge on any atom is -0.490 e. The largest absolute Gasteiger partial charge is 0.490 e. The van der Waals surface area contributed by atoms with Crippen molar-refractivity contribution in [3.8, 4) is 11.5 Å². The summed E-state index contributed by atoms with van der Waals surface area (Å²) < 4.78 is 61.5. The molecule has 1 aromatic heterocycles. The predicted octanol–water partition coefficient (Wildman–Crippen LogP) is 7.78. The number of carbonyl (C=O) groups excluding carboxylic acids is 1. The second kappa shape index (κ2) is 14.1. The van der Waals surface area contributed by atoms with Crippen LogP contribution in [0.3, 0.4) is 0 Å². The van der Waals surface area contributed by atoms with Gasteiger partial charge in [0.1, 0.15) is 6.61 Å². The zero-order valence-corrected chi connectivity index (χ0v) is 28.3. The maximum absolute atomic E-state index is 14.4. The van der Waals surface area contributed by atoms with Gasteiger partial charge in [0.15, 0.2) is 22.0 Å². The van der Waals surface area contributed by atoms with Crippen LogP contribution in [-0.4, -0.2) is 29.9 Å². The molecule has 49 heavy (non-hydrogen) atoms. The van der Waals surface area contributed by atoms with E-state index < -0.39 is 35.0 Å². The summed E-state index contributed by atoms with van der Waals surface area (Å²) in [4.78, 5) is 30.6. The van der Waals surface area contributed by atoms with E-state index in [4.69, 9.17) is 37.4 Å². The van der Waals surface area contributed by atoms with E-state index in [9.17, 15) is 22.8 Å². The molecule has 0 radical (unpaired) electrons. The number of hydrogen-bond donors (Lipinski definition) is 0. The number of ether oxygens (including phenoxy) is 3. The molecule has 1 aliphatic rings. The Morgan fingerprint density at radius 3 is 2.43 bits per heavy atom. The minimum atomic E-state index is -5.02. The van der Waals surface area contributed by atoms with Gasteiger partial charge in [0.2, 0.25) is 0 Å². The number of benzene rings is 4. The number of allylic oxidation sites excluding steroid dienone is 1. The van der Waals surface area contributed by atoms with Gasteiger partial charge in [-0.25, -0.2) is 9.79 Å². The highest BCUT2D eigenvalue weighted by Gasteiger charge is 2.45. The first-order valence-electron chi connectivity index (χ1n) is 15.1. The average Bonchev–Trinajstić information content (AvgIpc) is 3.38. The molecule has 0 unspecified atom stereocenters. The standard InChI is InChI=1S/C36H27Cl2F3N2O5S/c1-3-46-27-17-20(16-26(38)31(27)48-19-23-10-7-9-21-8-5-6-11-25(21)23)18-28-33(44)43-30(22-12-14-24(37)15-13-22)29(34(45)47-4-2)32(36(39,40)41)42-35(43)49-28/h5-18,30H,3-4,19H2,1-2H3/b28-18-/t30-/m0/s1. The molecule has 0 saturated heterocycles. The Morgan fingerprint density at radius 1 is 0.980 bits per heavy atom. The molecule has 252 valence electrons. The molecule has 5 aromatic rings. The smallest absolute Gasteiger partial charge is 0.434 e. The van der Waals surface area contributed by atoms with E-state index in [0.29, 0.717) is 22.1 Å². The summed E-state index contributed by atoms with van der Waals surface area (Å²) >= 11 is 13.5. The van der Waals surface area contributed by atoms with Crippen LogP contribution in [0.4, 0.5) is 13.2 Å². The van der Waals surface area contributed by atoms with Crippen LogP contribution in [0, 0.1) is 0 Å². The van der Waals surface area contributed by atoms with Crippen molar-refractivity contribution in [3.63, 3.8) is 0 Å². The summed E-state index contributed by atoms with van der Waals surface area (Å²) in [5.74, 6) is -0.621. The Labute approximate surface area is 292 Å². The quantitative estimate of drug-likeness (QED) is 0.145. The second-order valence-electron chi connectivity index (χ2n) is 10.8. The van der Waals surface area contributed by atoms with Gasteiger partial charge in [0.25, 0.3) is 5.56 Å². The predicted molar refractivity (Wildman–Crippen MR) is 183 cm³/mol. The first-order chi connectivity index (χ1) is 23.5. The van der Waals surface area contributed by atoms with Gasteiger partial charge in [-0.15, -0.1) is 0 Å². The van der Waals surface area contributed by atoms with Crippen LogP contribution >= 0.6 is 34.5 Å². The van der Waals surface area contributed by atoms with Crippen molar-refractivity contribution in [2.75, 3.05) is 13.2 Å². The third kappa shape index (κ3) is 6.96. The first kappa shape index (κ1) is 34.3. The zero-order valence-electron chi connectivity index (χ0n) is 26.0. The second-order valence-corrected chi connectivity index (χ2v) is 12.7. The molecule has 1 aliphatic heterocycles. The summed E-state index contributed by atoms with van der Waals surface area (Å²) in [5.41, 5.74) is -1.32. The SMILES string of the molecule is CCOC(=O)C1=C(C(F)(F)F)N=c2s/c(=C\c3cc(Cl)c(OCc4cccc5ccccc45)c(OCC)c3)c(=O)n2[C@H]1c1ccc(Cl)cc1. The third-order valence-electron chi connectivity index (χ3n) is 7.66. The third-order valence-corrected chi connectivity index (χ3v) is 9.18. The highest BCUT2D eigenvalue weighted by molar-refractivity contribution is 7.07. The molecule has 0 amide bonds. The van der Waals surface area contributed by atoms with E-state index in [2.05, 4.69) is 4.99 Å². The molecule has 13 heteroatoms. The number of esters is 1. The number of fused-ring (bicyclic) bond motifs is 2. The van der Waals surface area contributed by atoms with Crippen molar-refractivity contribution >= 4 is 57.4 Å². The summed E-state index contributed by atoms with van der Waals surface area (Å²) in [7, 11) is 0. The monoisotopic (exact) mass is 726 g/mol. The highest BCUT2D eigenvalue weighted by atomic mass is 35.5. The number of aromatic nitrogens is 1. The van der Waals surface area contributed by atoms with Crippen LogP contribution in [0.25, 0.3) is 16.8 Å². The number of alkyl halides is 3. The number of carbonyl (C=O) groups is 1. The van der Waals surface area contributed by atoms with Gasteiger partial charge in [-0.3, -0.25) is 9.36 Å². The molecule has 0 bridgehead atoms. The van der Waals surface area contributed by atoms with Crippen LogP contribution in [-0.2, 0) is 16.1 Å². The van der Waals surface area contributed by atoms with E-state index in [1.54, 1.807) is 19.1 Å². The Bertz CT molecular complexity index is 2280. The normalized spacial score (nSPS) is 14.8. The molecule has 0 N–H and O–H groups in total. The first-order valence-corrected chi connectivity index (χ1v) is 16.7. The van der Waals surface area contributed by atoms with Crippen molar-refractivity contribution in [1.29, 1.82) is 0 Å². The van der Waals surface area contributed by atoms with Crippen molar-refractivity contribution < 1.29 is 32.2 Å². The summed E-state index contributed by atoms with van der Waals surface area (Å²) in [6.07, 6.45) is -3.54. The van der Waals surface area contributed by atoms with E-state index in [0.717, 1.165) is 32.2 Å². The Balaban J connectivity index is 1.45. The number of nitrogens with zero attached hydrogens (tertiary/aromatic N) is 2. The molecule has 0 spiro atoms. The Hall–Kier alpha value is -4.58. The number of thiazole rings is 1. The van der Waals surface area contributed by atoms with E-state index >= 15 is 0 Å². The van der Waals surface area contributed by atoms with Gasteiger partial charge in [-0.05, 0) is 71.7 Å². The molecule has 0 fully saturated rings. The van der Waals surface area contributed by atoms with Gasteiger partial charge in [-0.1, -0.05) is 89.1 Å². The molecular weight excluding hydrogens is 700 g/mol. The maximum Gasteiger partial charge on any atom is 0.434 e. The lowest BCUT2D eigenvalue weighted by Gasteiger charge is -2.26. The van der Waals surface area contributed by atoms with Crippen molar-refractivity contribution in [3.05, 3.63) is 137 Å². The number of hydrogen-bond acceptors (Lipinski definition) is 7. The van der Waals surface area contributed by atoms with Crippen molar-refractivity contribution in [1.82, 2.24) is 4.57 Å². The van der Waals surface area contributed by atoms with E-state index in [-0.39, 0.29) is 39.7 Å². The van der Waals surface area contributed by atoms with Crippen LogP contribution in [0.15, 0.2) is 99.9 Å². The molecule has 0 aliphatic carbocycles. The van der Waals surface area contributed by atoms with Gasteiger partial charge in [0, 0.05) is 5.02 Å². The average molecular weight is 728 g/mol. The maximum atomic E-state index is 14.4. The summed E-state index contributed by atoms with van der Waals surface area (Å²) in [5, 5.41) is 2.61. The number of rotatable bonds is 9. The van der Waals surface area contributed by atoms with E-state index in [1.807, 2.05) is 42.5 Å². The fourth-order valence-electron chi connectivity index (χ4n) is 5.59. The van der Waals surface area contributed by atoms with Crippen LogP contribution in [0.1, 0.15) is 36.6 Å². The van der Waals surface area contributed by atoms with Gasteiger partial charge >= 0.3 is 12.1 Å². The van der Waals surface area contributed by atoms with Crippen LogP contribution in [0.2, 0.25) is 10.0 Å². The van der Waals surface area contributed by atoms with Crippen molar-refractivity contribution in [2.24, 2.45) is 4.99 Å². The Morgan fingerprint density at radius 2 is 1.71 bits per heavy atom. The molecular formula is C36H27Cl2F3N2O5S. The van der Waals surface area contributed by atoms with Gasteiger partial charge < -0.3 is 14.2 Å². The number of halogens is 5. The van der Waals surface area contributed by atoms with Gasteiger partial charge in [-0.2, -0.15) is 13.2 Å². The van der Waals surface area contributed by atoms with Gasteiger partial charge in [0.05, 0.1) is 34.4 Å². The van der Waals surface area contributed by atoms with Crippen molar-refractivity contribution in [2.45, 2.75) is 32.7 Å². The Kier molecular flexibility index (Phi) is 9.87. The summed E-state index contributed by atoms with van der Waals surface area (Å²) in [6, 6.07) is 21.4. The molecule has 0 saturated carbocycles. The topological polar surface area (TPSA) is 79.1 Å². The molecule has 4 aromatic carbocycles. The zero-order chi connectivity index (χ0) is 34.9. The minimum absolute atomic E-state index is 0.0484.